The Morgan fingerprint density at radius 2 is 1.80 bits per heavy atom. The lowest BCUT2D eigenvalue weighted by atomic mass is 9.95. The lowest BCUT2D eigenvalue weighted by molar-refractivity contribution is -0.143. The van der Waals surface area contributed by atoms with Gasteiger partial charge in [-0.1, -0.05) is 34.1 Å². The van der Waals surface area contributed by atoms with Crippen LogP contribution in [-0.2, 0) is 37.6 Å². The van der Waals surface area contributed by atoms with Crippen molar-refractivity contribution in [3.8, 4) is 0 Å². The number of halogens is 2. The number of hydrogen-bond donors (Lipinski definition) is 0. The third-order valence-corrected chi connectivity index (χ3v) is 8.25. The summed E-state index contributed by atoms with van der Waals surface area (Å²) in [5.41, 5.74) is 0.225. The fourth-order valence-electron chi connectivity index (χ4n) is 5.74. The molecule has 0 bridgehead atoms. The van der Waals surface area contributed by atoms with Gasteiger partial charge in [0.15, 0.2) is 0 Å². The average Bonchev–Trinajstić information content (AvgIpc) is 3.39. The van der Waals surface area contributed by atoms with E-state index in [2.05, 4.69) is 15.9 Å². The van der Waals surface area contributed by atoms with Gasteiger partial charge < -0.3 is 19.3 Å². The van der Waals surface area contributed by atoms with E-state index in [4.69, 9.17) is 9.47 Å². The van der Waals surface area contributed by atoms with Gasteiger partial charge in [-0.05, 0) is 75.4 Å². The Balaban J connectivity index is 1.33. The van der Waals surface area contributed by atoms with Crippen molar-refractivity contribution in [1.29, 1.82) is 0 Å². The van der Waals surface area contributed by atoms with Crippen LogP contribution in [0.2, 0.25) is 0 Å². The van der Waals surface area contributed by atoms with Gasteiger partial charge in [0.1, 0.15) is 18.0 Å². The van der Waals surface area contributed by atoms with E-state index in [1.807, 2.05) is 6.07 Å². The third kappa shape index (κ3) is 5.95. The van der Waals surface area contributed by atoms with Crippen molar-refractivity contribution < 1.29 is 33.0 Å². The number of ether oxygens (including phenoxy) is 2. The molecule has 2 fully saturated rings. The van der Waals surface area contributed by atoms with Crippen LogP contribution in [0.1, 0.15) is 56.7 Å². The number of nitrogens with zero attached hydrogens (tertiary/aromatic N) is 3. The molecule has 9 nitrogen and oxygen atoms in total. The van der Waals surface area contributed by atoms with Crippen molar-refractivity contribution in [2.75, 3.05) is 19.6 Å². The molecule has 5 rings (SSSR count). The number of rotatable bonds is 5. The highest BCUT2D eigenvalue weighted by atomic mass is 79.9. The van der Waals surface area contributed by atoms with E-state index in [1.54, 1.807) is 54.8 Å². The molecule has 2 aromatic carbocycles. The SMILES string of the molecule is CC(C)(C)OC(=O)N1CCC(N(Cc2ccc(F)cc2)C(=O)CN2C(=O)OC3(CCc4cc(Br)ccc43)C2=O)CC1. The number of piperidine rings is 1. The van der Waals surface area contributed by atoms with E-state index in [0.29, 0.717) is 49.9 Å². The number of carbonyl (C=O) groups is 4. The van der Waals surface area contributed by atoms with Crippen LogP contribution in [0.25, 0.3) is 0 Å². The van der Waals surface area contributed by atoms with Crippen molar-refractivity contribution in [3.63, 3.8) is 0 Å². The molecule has 4 amide bonds. The van der Waals surface area contributed by atoms with Crippen molar-refractivity contribution in [2.45, 2.75) is 70.2 Å². The molecule has 1 atom stereocenters. The zero-order chi connectivity index (χ0) is 29.5. The summed E-state index contributed by atoms with van der Waals surface area (Å²) in [6.45, 7) is 5.86. The van der Waals surface area contributed by atoms with E-state index in [0.717, 1.165) is 14.9 Å². The molecule has 11 heteroatoms. The zero-order valence-electron chi connectivity index (χ0n) is 23.3. The normalized spacial score (nSPS) is 20.8. The zero-order valence-corrected chi connectivity index (χ0v) is 24.9. The van der Waals surface area contributed by atoms with Crippen LogP contribution in [0.4, 0.5) is 14.0 Å². The molecule has 2 aromatic rings. The predicted molar refractivity (Wildman–Crippen MR) is 150 cm³/mol. The standard InChI is InChI=1S/C30H33BrFN3O6/c1-29(2,3)40-27(38)33-14-11-23(12-15-33)34(17-19-4-7-22(32)8-5-19)25(36)18-35-26(37)30(41-28(35)39)13-10-20-16-21(31)6-9-24(20)30/h4-9,16,23H,10-15,17-18H2,1-3H3. The van der Waals surface area contributed by atoms with Gasteiger partial charge in [-0.25, -0.2) is 18.9 Å². The Hall–Kier alpha value is -3.47. The molecule has 41 heavy (non-hydrogen) atoms. The molecular formula is C30H33BrFN3O6. The Kier molecular flexibility index (Phi) is 7.84. The monoisotopic (exact) mass is 629 g/mol. The number of benzene rings is 2. The molecule has 2 heterocycles. The van der Waals surface area contributed by atoms with Crippen LogP contribution in [0.3, 0.4) is 0 Å². The highest BCUT2D eigenvalue weighted by Gasteiger charge is 2.58. The summed E-state index contributed by atoms with van der Waals surface area (Å²) >= 11 is 3.44. The predicted octanol–water partition coefficient (Wildman–Crippen LogP) is 5.14. The minimum atomic E-state index is -1.42. The summed E-state index contributed by atoms with van der Waals surface area (Å²) in [7, 11) is 0. The quantitative estimate of drug-likeness (QED) is 0.455. The molecular weight excluding hydrogens is 597 g/mol. The second-order valence-corrected chi connectivity index (χ2v) is 12.7. The molecule has 1 unspecified atom stereocenters. The molecule has 0 aromatic heterocycles. The first kappa shape index (κ1) is 29.0. The van der Waals surface area contributed by atoms with E-state index in [1.165, 1.54) is 12.1 Å². The van der Waals surface area contributed by atoms with Crippen LogP contribution >= 0.6 is 15.9 Å². The topological polar surface area (TPSA) is 96.5 Å². The van der Waals surface area contributed by atoms with Crippen molar-refractivity contribution >= 4 is 39.9 Å². The number of imide groups is 1. The van der Waals surface area contributed by atoms with Gasteiger partial charge in [-0.3, -0.25) is 9.59 Å². The second-order valence-electron chi connectivity index (χ2n) is 11.7. The minimum absolute atomic E-state index is 0.162. The summed E-state index contributed by atoms with van der Waals surface area (Å²) in [5.74, 6) is -1.36. The van der Waals surface area contributed by atoms with Crippen LogP contribution < -0.4 is 0 Å². The van der Waals surface area contributed by atoms with E-state index >= 15 is 0 Å². The van der Waals surface area contributed by atoms with Crippen molar-refractivity contribution in [3.05, 3.63) is 69.4 Å². The van der Waals surface area contributed by atoms with Gasteiger partial charge in [0.2, 0.25) is 11.5 Å². The number of aryl methyl sites for hydroxylation is 1. The molecule has 0 saturated carbocycles. The second kappa shape index (κ2) is 11.1. The summed E-state index contributed by atoms with van der Waals surface area (Å²) < 4.78 is 25.6. The number of amides is 4. The van der Waals surface area contributed by atoms with Crippen molar-refractivity contribution in [2.24, 2.45) is 0 Å². The maximum Gasteiger partial charge on any atom is 0.418 e. The number of hydrogen-bond acceptors (Lipinski definition) is 6. The van der Waals surface area contributed by atoms with Crippen LogP contribution in [0.15, 0.2) is 46.9 Å². The highest BCUT2D eigenvalue weighted by molar-refractivity contribution is 9.10. The maximum atomic E-state index is 13.8. The van der Waals surface area contributed by atoms with E-state index < -0.39 is 47.6 Å². The number of carbonyl (C=O) groups excluding carboxylic acids is 4. The molecule has 1 spiro atoms. The van der Waals surface area contributed by atoms with Crippen LogP contribution in [-0.4, -0.2) is 70.0 Å². The van der Waals surface area contributed by atoms with Gasteiger partial charge in [-0.15, -0.1) is 0 Å². The number of fused-ring (bicyclic) bond motifs is 2. The Morgan fingerprint density at radius 1 is 1.12 bits per heavy atom. The first-order chi connectivity index (χ1) is 19.4. The molecule has 2 aliphatic heterocycles. The summed E-state index contributed by atoms with van der Waals surface area (Å²) in [4.78, 5) is 57.1. The lowest BCUT2D eigenvalue weighted by Crippen LogP contribution is -2.52. The summed E-state index contributed by atoms with van der Waals surface area (Å²) in [6.07, 6.45) is 0.597. The molecule has 218 valence electrons. The fourth-order valence-corrected chi connectivity index (χ4v) is 6.15. The molecule has 1 aliphatic carbocycles. The Labute approximate surface area is 246 Å². The molecule has 0 N–H and O–H groups in total. The van der Waals surface area contributed by atoms with E-state index in [-0.39, 0.29) is 12.6 Å². The fraction of sp³-hybridized carbons (Fsp3) is 0.467. The van der Waals surface area contributed by atoms with E-state index in [9.17, 15) is 23.6 Å². The maximum absolute atomic E-state index is 13.8. The van der Waals surface area contributed by atoms with Gasteiger partial charge in [0, 0.05) is 42.1 Å². The van der Waals surface area contributed by atoms with Crippen LogP contribution in [0.5, 0.6) is 0 Å². The Bertz CT molecular complexity index is 1370. The van der Waals surface area contributed by atoms with Gasteiger partial charge in [0.25, 0.3) is 5.91 Å². The minimum Gasteiger partial charge on any atom is -0.444 e. The Morgan fingerprint density at radius 3 is 2.46 bits per heavy atom. The third-order valence-electron chi connectivity index (χ3n) is 7.76. The largest absolute Gasteiger partial charge is 0.444 e. The molecule has 0 radical (unpaired) electrons. The summed E-state index contributed by atoms with van der Waals surface area (Å²) in [5, 5.41) is 0. The lowest BCUT2D eigenvalue weighted by Gasteiger charge is -2.39. The smallest absolute Gasteiger partial charge is 0.418 e. The first-order valence-electron chi connectivity index (χ1n) is 13.7. The molecule has 3 aliphatic rings. The van der Waals surface area contributed by atoms with Crippen molar-refractivity contribution in [1.82, 2.24) is 14.7 Å². The average molecular weight is 631 g/mol. The van der Waals surface area contributed by atoms with Gasteiger partial charge >= 0.3 is 12.2 Å². The van der Waals surface area contributed by atoms with Crippen LogP contribution in [0, 0.1) is 5.82 Å². The first-order valence-corrected chi connectivity index (χ1v) is 14.5. The van der Waals surface area contributed by atoms with Gasteiger partial charge in [0.05, 0.1) is 0 Å². The van der Waals surface area contributed by atoms with Gasteiger partial charge in [-0.2, -0.15) is 0 Å². The molecule has 2 saturated heterocycles. The summed E-state index contributed by atoms with van der Waals surface area (Å²) in [6, 6.07) is 11.1. The number of likely N-dealkylation sites (tertiary alicyclic amines) is 1. The highest BCUT2D eigenvalue weighted by Crippen LogP contribution is 2.46.